The van der Waals surface area contributed by atoms with Crippen molar-refractivity contribution in [3.05, 3.63) is 11.8 Å². The molecule has 0 aromatic heterocycles. The van der Waals surface area contributed by atoms with E-state index in [1.54, 1.807) is 4.90 Å². The topological polar surface area (TPSA) is 164 Å². The molecule has 1 aliphatic heterocycles. The van der Waals surface area contributed by atoms with Crippen LogP contribution >= 0.6 is 0 Å². The lowest BCUT2D eigenvalue weighted by atomic mass is 9.97. The largest absolute Gasteiger partial charge is 0.542 e. The van der Waals surface area contributed by atoms with Crippen molar-refractivity contribution >= 4 is 23.8 Å². The molecular formula is C19H30F3N3O7. The van der Waals surface area contributed by atoms with Crippen LogP contribution in [0, 0.1) is 0 Å². The van der Waals surface area contributed by atoms with Crippen molar-refractivity contribution in [1.82, 2.24) is 10.2 Å². The number of hydrogen-bond donors (Lipinski definition) is 3. The van der Waals surface area contributed by atoms with Gasteiger partial charge in [0.05, 0.1) is 0 Å². The second kappa shape index (κ2) is 13.6. The van der Waals surface area contributed by atoms with Crippen LogP contribution in [0.1, 0.15) is 46.5 Å². The predicted molar refractivity (Wildman–Crippen MR) is 102 cm³/mol. The van der Waals surface area contributed by atoms with Crippen molar-refractivity contribution in [3.8, 4) is 0 Å². The van der Waals surface area contributed by atoms with Gasteiger partial charge in [0.15, 0.2) is 0 Å². The van der Waals surface area contributed by atoms with Crippen LogP contribution in [0.15, 0.2) is 11.8 Å². The van der Waals surface area contributed by atoms with Crippen molar-refractivity contribution in [2.24, 2.45) is 0 Å². The van der Waals surface area contributed by atoms with Gasteiger partial charge in [0.25, 0.3) is 5.91 Å². The SMILES string of the molecule is CCCCN(CCCC)C(=O)[C@@H]1OC(C(=O)O)=C[C@H]([NH3+])[C@H]1NC(C)=O.O=C([O-])C(F)(F)F. The van der Waals surface area contributed by atoms with Gasteiger partial charge in [-0.05, 0) is 12.8 Å². The Hall–Kier alpha value is -2.83. The van der Waals surface area contributed by atoms with Crippen LogP contribution in [-0.2, 0) is 23.9 Å². The highest BCUT2D eigenvalue weighted by molar-refractivity contribution is 5.88. The summed E-state index contributed by atoms with van der Waals surface area (Å²) in [5, 5.41) is 20.7. The van der Waals surface area contributed by atoms with Crippen LogP contribution in [0.3, 0.4) is 0 Å². The van der Waals surface area contributed by atoms with E-state index in [9.17, 15) is 32.7 Å². The fourth-order valence-corrected chi connectivity index (χ4v) is 2.73. The smallest absolute Gasteiger partial charge is 0.430 e. The number of alkyl halides is 3. The molecule has 2 amide bonds. The number of carbonyl (C=O) groups is 4. The molecule has 0 unspecified atom stereocenters. The maximum atomic E-state index is 13.0. The molecule has 1 heterocycles. The summed E-state index contributed by atoms with van der Waals surface area (Å²) in [6, 6.07) is -1.27. The number of carboxylic acid groups (broad SMARTS) is 2. The highest BCUT2D eigenvalue weighted by Gasteiger charge is 2.43. The van der Waals surface area contributed by atoms with Gasteiger partial charge in [-0.15, -0.1) is 0 Å². The number of carbonyl (C=O) groups excluding carboxylic acids is 3. The second-order valence-corrected chi connectivity index (χ2v) is 7.08. The monoisotopic (exact) mass is 469 g/mol. The molecule has 13 heteroatoms. The maximum Gasteiger partial charge on any atom is 0.430 e. The fourth-order valence-electron chi connectivity index (χ4n) is 2.73. The number of ether oxygens (including phenoxy) is 1. The minimum atomic E-state index is -5.19. The first-order chi connectivity index (χ1) is 14.8. The molecule has 0 fully saturated rings. The van der Waals surface area contributed by atoms with E-state index in [4.69, 9.17) is 14.6 Å². The Morgan fingerprint density at radius 2 is 1.66 bits per heavy atom. The molecule has 32 heavy (non-hydrogen) atoms. The molecule has 0 aromatic carbocycles. The van der Waals surface area contributed by atoms with E-state index >= 15 is 0 Å². The molecule has 0 radical (unpaired) electrons. The van der Waals surface area contributed by atoms with Crippen LogP contribution in [0.5, 0.6) is 0 Å². The van der Waals surface area contributed by atoms with E-state index in [0.29, 0.717) is 13.1 Å². The lowest BCUT2D eigenvalue weighted by molar-refractivity contribution is -0.414. The number of halogens is 3. The summed E-state index contributed by atoms with van der Waals surface area (Å²) in [7, 11) is 0. The Bertz CT molecular complexity index is 690. The lowest BCUT2D eigenvalue weighted by Gasteiger charge is -2.35. The van der Waals surface area contributed by atoms with E-state index < -0.39 is 36.3 Å². The third-order valence-electron chi connectivity index (χ3n) is 4.34. The van der Waals surface area contributed by atoms with Crippen molar-refractivity contribution in [2.75, 3.05) is 13.1 Å². The predicted octanol–water partition coefficient (Wildman–Crippen LogP) is -0.804. The first-order valence-electron chi connectivity index (χ1n) is 10.0. The molecule has 0 bridgehead atoms. The zero-order valence-electron chi connectivity index (χ0n) is 18.2. The third kappa shape index (κ3) is 9.98. The van der Waals surface area contributed by atoms with Gasteiger partial charge in [-0.25, -0.2) is 4.79 Å². The fraction of sp³-hybridized carbons (Fsp3) is 0.684. The van der Waals surface area contributed by atoms with Crippen molar-refractivity contribution < 1.29 is 53.0 Å². The van der Waals surface area contributed by atoms with Crippen LogP contribution in [0.25, 0.3) is 0 Å². The normalized spacial score (nSPS) is 20.1. The lowest BCUT2D eigenvalue weighted by Crippen LogP contribution is -2.74. The number of amides is 2. The molecule has 0 aliphatic carbocycles. The molecule has 3 atom stereocenters. The van der Waals surface area contributed by atoms with Crippen LogP contribution < -0.4 is 16.2 Å². The third-order valence-corrected chi connectivity index (χ3v) is 4.34. The van der Waals surface area contributed by atoms with Crippen molar-refractivity contribution in [1.29, 1.82) is 0 Å². The number of carboxylic acids is 2. The standard InChI is InChI=1S/C17H29N3O5.C2HF3O2/c1-4-6-8-20(9-7-5-2)16(22)15-14(19-11(3)21)12(18)10-13(25-15)17(23)24;3-2(4,5)1(6)7/h10,12,14-15H,4-9,18H2,1-3H3,(H,19,21)(H,23,24);(H,6,7)/t12-,14+,15+;/m0./s1. The van der Waals surface area contributed by atoms with Crippen molar-refractivity contribution in [2.45, 2.75) is 70.8 Å². The quantitative estimate of drug-likeness (QED) is 0.398. The van der Waals surface area contributed by atoms with Crippen LogP contribution in [-0.4, -0.2) is 71.2 Å². The minimum Gasteiger partial charge on any atom is -0.542 e. The van der Waals surface area contributed by atoms with Gasteiger partial charge in [0.2, 0.25) is 17.8 Å². The van der Waals surface area contributed by atoms with E-state index in [1.165, 1.54) is 13.0 Å². The second-order valence-electron chi connectivity index (χ2n) is 7.08. The number of hydrogen-bond acceptors (Lipinski definition) is 6. The number of nitrogens with one attached hydrogen (secondary N) is 1. The van der Waals surface area contributed by atoms with Gasteiger partial charge in [0, 0.05) is 26.1 Å². The van der Waals surface area contributed by atoms with Gasteiger partial charge < -0.3 is 35.7 Å². The summed E-state index contributed by atoms with van der Waals surface area (Å²) in [4.78, 5) is 46.3. The molecule has 10 nitrogen and oxygen atoms in total. The summed E-state index contributed by atoms with van der Waals surface area (Å²) in [6.07, 6.45) is -1.37. The zero-order valence-corrected chi connectivity index (χ0v) is 18.2. The van der Waals surface area contributed by atoms with Gasteiger partial charge in [-0.1, -0.05) is 26.7 Å². The molecule has 0 saturated heterocycles. The maximum absolute atomic E-state index is 13.0. The minimum absolute atomic E-state index is 0.300. The number of nitrogens with zero attached hydrogens (tertiary/aromatic N) is 1. The van der Waals surface area contributed by atoms with E-state index in [-0.39, 0.29) is 17.6 Å². The highest BCUT2D eigenvalue weighted by Crippen LogP contribution is 2.20. The molecule has 5 N–H and O–H groups in total. The molecule has 0 saturated carbocycles. The molecule has 184 valence electrons. The molecule has 1 rings (SSSR count). The van der Waals surface area contributed by atoms with Gasteiger partial charge in [-0.2, -0.15) is 13.2 Å². The first-order valence-corrected chi connectivity index (χ1v) is 10.0. The van der Waals surface area contributed by atoms with E-state index in [1.807, 2.05) is 13.8 Å². The number of aliphatic carboxylic acids is 2. The Morgan fingerprint density at radius 1 is 1.19 bits per heavy atom. The van der Waals surface area contributed by atoms with E-state index in [2.05, 4.69) is 11.1 Å². The summed E-state index contributed by atoms with van der Waals surface area (Å²) in [6.45, 7) is 6.58. The number of unbranched alkanes of at least 4 members (excludes halogenated alkanes) is 2. The number of quaternary nitrogens is 1. The average Bonchev–Trinajstić information content (AvgIpc) is 2.68. The summed E-state index contributed by atoms with van der Waals surface area (Å²) in [5.74, 6) is -5.18. The summed E-state index contributed by atoms with van der Waals surface area (Å²) >= 11 is 0. The highest BCUT2D eigenvalue weighted by atomic mass is 19.4. The Balaban J connectivity index is 0.00000118. The Labute approximate surface area is 183 Å². The molecule has 0 spiro atoms. The van der Waals surface area contributed by atoms with Crippen LogP contribution in [0.2, 0.25) is 0 Å². The van der Waals surface area contributed by atoms with Crippen LogP contribution in [0.4, 0.5) is 13.2 Å². The van der Waals surface area contributed by atoms with Gasteiger partial charge >= 0.3 is 12.1 Å². The summed E-state index contributed by atoms with van der Waals surface area (Å²) in [5.41, 5.74) is 3.88. The molecular weight excluding hydrogens is 439 g/mol. The number of rotatable bonds is 9. The Kier molecular flexibility index (Phi) is 12.4. The summed E-state index contributed by atoms with van der Waals surface area (Å²) < 4.78 is 37.0. The average molecular weight is 469 g/mol. The Morgan fingerprint density at radius 3 is 2.00 bits per heavy atom. The molecule has 1 aliphatic rings. The van der Waals surface area contributed by atoms with Gasteiger partial charge in [0.1, 0.15) is 18.1 Å². The van der Waals surface area contributed by atoms with Gasteiger partial charge in [-0.3, -0.25) is 9.59 Å². The van der Waals surface area contributed by atoms with Crippen molar-refractivity contribution in [3.63, 3.8) is 0 Å². The van der Waals surface area contributed by atoms with E-state index in [0.717, 1.165) is 25.7 Å². The molecule has 0 aromatic rings. The first kappa shape index (κ1) is 29.2. The zero-order chi connectivity index (χ0) is 25.1.